The van der Waals surface area contributed by atoms with Crippen LogP contribution in [0.3, 0.4) is 0 Å². The predicted molar refractivity (Wildman–Crippen MR) is 61.1 cm³/mol. The molecule has 1 atom stereocenters. The highest BCUT2D eigenvalue weighted by molar-refractivity contribution is 6.31. The number of nitrogens with two attached hydrogens (primary N) is 1. The molecule has 84 valence electrons. The first-order valence-electron chi connectivity index (χ1n) is 4.95. The first kappa shape index (κ1) is 12.1. The Labute approximate surface area is 94.4 Å². The lowest BCUT2D eigenvalue weighted by Crippen LogP contribution is -2.38. The third-order valence-corrected chi connectivity index (χ3v) is 2.37. The summed E-state index contributed by atoms with van der Waals surface area (Å²) >= 11 is 5.83. The Morgan fingerprint density at radius 3 is 2.93 bits per heavy atom. The highest BCUT2D eigenvalue weighted by atomic mass is 35.5. The molecule has 0 spiro atoms. The fourth-order valence-electron chi connectivity index (χ4n) is 1.28. The Balaban J connectivity index is 2.81. The van der Waals surface area contributed by atoms with Crippen molar-refractivity contribution in [1.29, 1.82) is 0 Å². The van der Waals surface area contributed by atoms with E-state index >= 15 is 0 Å². The molecular weight excluding hydrogens is 214 g/mol. The van der Waals surface area contributed by atoms with Crippen molar-refractivity contribution in [3.05, 3.63) is 23.0 Å². The Morgan fingerprint density at radius 2 is 2.40 bits per heavy atom. The van der Waals surface area contributed by atoms with Crippen molar-refractivity contribution in [2.24, 2.45) is 5.73 Å². The number of hydrogen-bond donors (Lipinski definition) is 2. The molecule has 3 N–H and O–H groups in total. The zero-order valence-electron chi connectivity index (χ0n) is 8.96. The molecule has 15 heavy (non-hydrogen) atoms. The van der Waals surface area contributed by atoms with Gasteiger partial charge < -0.3 is 15.6 Å². The van der Waals surface area contributed by atoms with Crippen molar-refractivity contribution in [2.75, 3.05) is 6.54 Å². The van der Waals surface area contributed by atoms with Crippen LogP contribution in [-0.4, -0.2) is 23.1 Å². The molecule has 5 heteroatoms. The summed E-state index contributed by atoms with van der Waals surface area (Å²) in [7, 11) is 0. The third kappa shape index (κ3) is 2.97. The molecule has 0 radical (unpaired) electrons. The molecule has 0 saturated carbocycles. The van der Waals surface area contributed by atoms with Crippen molar-refractivity contribution in [3.63, 3.8) is 0 Å². The molecule has 1 amide bonds. The van der Waals surface area contributed by atoms with Crippen molar-refractivity contribution in [2.45, 2.75) is 26.4 Å². The molecule has 0 fully saturated rings. The van der Waals surface area contributed by atoms with Gasteiger partial charge in [0.15, 0.2) is 0 Å². The second kappa shape index (κ2) is 5.19. The average molecular weight is 230 g/mol. The van der Waals surface area contributed by atoms with E-state index in [1.807, 2.05) is 13.8 Å². The van der Waals surface area contributed by atoms with Crippen LogP contribution in [0.25, 0.3) is 0 Å². The Kier molecular flexibility index (Phi) is 4.17. The Morgan fingerprint density at radius 1 is 1.73 bits per heavy atom. The molecule has 0 aliphatic carbocycles. The van der Waals surface area contributed by atoms with Crippen LogP contribution in [0.2, 0.25) is 5.02 Å². The van der Waals surface area contributed by atoms with E-state index in [0.29, 0.717) is 23.8 Å². The van der Waals surface area contributed by atoms with Crippen LogP contribution in [0.1, 0.15) is 24.3 Å². The van der Waals surface area contributed by atoms with Gasteiger partial charge in [-0.25, -0.2) is 0 Å². The number of rotatable bonds is 4. The topological polar surface area (TPSA) is 60.0 Å². The van der Waals surface area contributed by atoms with Gasteiger partial charge in [-0.1, -0.05) is 11.6 Å². The second-order valence-corrected chi connectivity index (χ2v) is 3.88. The normalized spacial score (nSPS) is 12.5. The molecule has 1 heterocycles. The van der Waals surface area contributed by atoms with Crippen LogP contribution >= 0.6 is 11.6 Å². The zero-order chi connectivity index (χ0) is 11.4. The summed E-state index contributed by atoms with van der Waals surface area (Å²) in [4.78, 5) is 11.8. The summed E-state index contributed by atoms with van der Waals surface area (Å²) in [6.45, 7) is 4.96. The van der Waals surface area contributed by atoms with Crippen LogP contribution in [-0.2, 0) is 6.54 Å². The first-order valence-corrected chi connectivity index (χ1v) is 5.32. The number of aryl methyl sites for hydroxylation is 1. The average Bonchev–Trinajstić information content (AvgIpc) is 2.59. The highest BCUT2D eigenvalue weighted by Gasteiger charge is 2.13. The molecule has 0 bridgehead atoms. The Bertz CT molecular complexity index is 348. The zero-order valence-corrected chi connectivity index (χ0v) is 9.71. The van der Waals surface area contributed by atoms with Gasteiger partial charge in [0, 0.05) is 25.3 Å². The van der Waals surface area contributed by atoms with Gasteiger partial charge in [-0.05, 0) is 19.9 Å². The molecular formula is C10H16ClN3O. The van der Waals surface area contributed by atoms with Gasteiger partial charge in [-0.15, -0.1) is 0 Å². The molecule has 1 rings (SSSR count). The molecule has 0 saturated heterocycles. The number of nitrogens with zero attached hydrogens (tertiary/aromatic N) is 1. The van der Waals surface area contributed by atoms with Gasteiger partial charge in [0.25, 0.3) is 5.91 Å². The van der Waals surface area contributed by atoms with Crippen molar-refractivity contribution >= 4 is 17.5 Å². The standard InChI is InChI=1S/C10H16ClN3O/c1-3-14-6-8(11)4-9(14)10(15)13-7(2)5-12/h4,6-7H,3,5,12H2,1-2H3,(H,13,15). The summed E-state index contributed by atoms with van der Waals surface area (Å²) in [6.07, 6.45) is 1.74. The summed E-state index contributed by atoms with van der Waals surface area (Å²) in [5.41, 5.74) is 6.00. The smallest absolute Gasteiger partial charge is 0.268 e. The number of carbonyl (C=O) groups excluding carboxylic acids is 1. The number of carbonyl (C=O) groups is 1. The third-order valence-electron chi connectivity index (χ3n) is 2.17. The van der Waals surface area contributed by atoms with E-state index in [4.69, 9.17) is 17.3 Å². The lowest BCUT2D eigenvalue weighted by Gasteiger charge is -2.12. The number of halogens is 1. The van der Waals surface area contributed by atoms with Crippen molar-refractivity contribution in [3.8, 4) is 0 Å². The molecule has 0 aromatic carbocycles. The number of nitrogens with one attached hydrogen (secondary N) is 1. The first-order chi connectivity index (χ1) is 7.08. The minimum Gasteiger partial charge on any atom is -0.347 e. The fraction of sp³-hybridized carbons (Fsp3) is 0.500. The number of aromatic nitrogens is 1. The van der Waals surface area contributed by atoms with E-state index in [1.54, 1.807) is 16.8 Å². The molecule has 0 aliphatic heterocycles. The van der Waals surface area contributed by atoms with Gasteiger partial charge in [0.2, 0.25) is 0 Å². The van der Waals surface area contributed by atoms with E-state index in [1.165, 1.54) is 0 Å². The van der Waals surface area contributed by atoms with Crippen LogP contribution in [0.4, 0.5) is 0 Å². The quantitative estimate of drug-likeness (QED) is 0.816. The minimum absolute atomic E-state index is 0.0310. The lowest BCUT2D eigenvalue weighted by atomic mass is 10.3. The molecule has 1 aromatic heterocycles. The molecule has 0 aliphatic rings. The Hall–Kier alpha value is -1.00. The maximum Gasteiger partial charge on any atom is 0.268 e. The van der Waals surface area contributed by atoms with E-state index in [0.717, 1.165) is 0 Å². The minimum atomic E-state index is -0.137. The van der Waals surface area contributed by atoms with Crippen molar-refractivity contribution < 1.29 is 4.79 Å². The SMILES string of the molecule is CCn1cc(Cl)cc1C(=O)NC(C)CN. The lowest BCUT2D eigenvalue weighted by molar-refractivity contribution is 0.0932. The molecule has 1 unspecified atom stereocenters. The maximum atomic E-state index is 11.8. The monoisotopic (exact) mass is 229 g/mol. The number of hydrogen-bond acceptors (Lipinski definition) is 2. The van der Waals surface area contributed by atoms with E-state index in [2.05, 4.69) is 5.32 Å². The largest absolute Gasteiger partial charge is 0.347 e. The summed E-state index contributed by atoms with van der Waals surface area (Å²) < 4.78 is 1.81. The van der Waals surface area contributed by atoms with E-state index in [-0.39, 0.29) is 11.9 Å². The summed E-state index contributed by atoms with van der Waals surface area (Å²) in [6, 6.07) is 1.63. The second-order valence-electron chi connectivity index (χ2n) is 3.44. The van der Waals surface area contributed by atoms with Gasteiger partial charge in [-0.3, -0.25) is 4.79 Å². The summed E-state index contributed by atoms with van der Waals surface area (Å²) in [5, 5.41) is 3.36. The predicted octanol–water partition coefficient (Wildman–Crippen LogP) is 1.24. The van der Waals surface area contributed by atoms with Gasteiger partial charge >= 0.3 is 0 Å². The van der Waals surface area contributed by atoms with E-state index < -0.39 is 0 Å². The van der Waals surface area contributed by atoms with Gasteiger partial charge in [0.05, 0.1) is 5.02 Å². The van der Waals surface area contributed by atoms with Crippen molar-refractivity contribution in [1.82, 2.24) is 9.88 Å². The molecule has 1 aromatic rings. The fourth-order valence-corrected chi connectivity index (χ4v) is 1.50. The van der Waals surface area contributed by atoms with Crippen LogP contribution in [0.5, 0.6) is 0 Å². The van der Waals surface area contributed by atoms with Crippen LogP contribution in [0, 0.1) is 0 Å². The molecule has 4 nitrogen and oxygen atoms in total. The van der Waals surface area contributed by atoms with Gasteiger partial charge in [-0.2, -0.15) is 0 Å². The van der Waals surface area contributed by atoms with Crippen LogP contribution < -0.4 is 11.1 Å². The maximum absolute atomic E-state index is 11.8. The van der Waals surface area contributed by atoms with Gasteiger partial charge in [0.1, 0.15) is 5.69 Å². The summed E-state index contributed by atoms with van der Waals surface area (Å²) in [5.74, 6) is -0.137. The van der Waals surface area contributed by atoms with Crippen LogP contribution in [0.15, 0.2) is 12.3 Å². The van der Waals surface area contributed by atoms with E-state index in [9.17, 15) is 4.79 Å². The number of amides is 1. The highest BCUT2D eigenvalue weighted by Crippen LogP contribution is 2.14.